The van der Waals surface area contributed by atoms with Crippen molar-refractivity contribution in [1.29, 1.82) is 0 Å². The smallest absolute Gasteiger partial charge is 0.335 e. The fraction of sp³-hybridized carbons (Fsp3) is 0.250. The van der Waals surface area contributed by atoms with Crippen LogP contribution in [0, 0.1) is 0 Å². The number of ether oxygens (including phenoxy) is 1. The Bertz CT molecular complexity index is 959. The van der Waals surface area contributed by atoms with Gasteiger partial charge in [-0.2, -0.15) is 0 Å². The van der Waals surface area contributed by atoms with Gasteiger partial charge < -0.3 is 20.3 Å². The molecule has 0 fully saturated rings. The van der Waals surface area contributed by atoms with E-state index in [1.165, 1.54) is 18.7 Å². The molecule has 0 radical (unpaired) electrons. The summed E-state index contributed by atoms with van der Waals surface area (Å²) in [6.07, 6.45) is 4.69. The Morgan fingerprint density at radius 2 is 1.97 bits per heavy atom. The van der Waals surface area contributed by atoms with Gasteiger partial charge in [-0.05, 0) is 54.8 Å². The van der Waals surface area contributed by atoms with Crippen molar-refractivity contribution in [3.05, 3.63) is 83.7 Å². The SMILES string of the molecule is COc1cc(C(=O)O)ccc1-c1ccc(CCCNC[C@H](O)c2cccnc2)cc1. The molecule has 3 N–H and O–H groups in total. The van der Waals surface area contributed by atoms with Crippen LogP contribution in [0.4, 0.5) is 0 Å². The Morgan fingerprint density at radius 3 is 2.63 bits per heavy atom. The first-order chi connectivity index (χ1) is 14.6. The van der Waals surface area contributed by atoms with Gasteiger partial charge in [-0.3, -0.25) is 4.98 Å². The molecule has 0 aliphatic carbocycles. The predicted molar refractivity (Wildman–Crippen MR) is 116 cm³/mol. The number of nitrogens with zero attached hydrogens (tertiary/aromatic N) is 1. The molecule has 1 heterocycles. The highest BCUT2D eigenvalue weighted by molar-refractivity contribution is 5.89. The number of carboxylic acids is 1. The topological polar surface area (TPSA) is 91.7 Å². The summed E-state index contributed by atoms with van der Waals surface area (Å²) in [7, 11) is 1.54. The van der Waals surface area contributed by atoms with E-state index in [-0.39, 0.29) is 5.56 Å². The molecule has 3 aromatic rings. The van der Waals surface area contributed by atoms with Gasteiger partial charge >= 0.3 is 5.97 Å². The number of hydrogen-bond acceptors (Lipinski definition) is 5. The van der Waals surface area contributed by atoms with Crippen LogP contribution in [0.1, 0.15) is 34.0 Å². The number of carbonyl (C=O) groups is 1. The Hall–Kier alpha value is -3.22. The molecule has 0 aliphatic rings. The van der Waals surface area contributed by atoms with Crippen LogP contribution in [-0.2, 0) is 6.42 Å². The van der Waals surface area contributed by atoms with Gasteiger partial charge in [0.1, 0.15) is 5.75 Å². The van der Waals surface area contributed by atoms with E-state index in [0.717, 1.165) is 36.1 Å². The number of rotatable bonds is 10. The molecule has 0 bridgehead atoms. The number of aromatic carboxylic acids is 1. The number of hydrogen-bond donors (Lipinski definition) is 3. The lowest BCUT2D eigenvalue weighted by Crippen LogP contribution is -2.22. The molecule has 1 atom stereocenters. The second-order valence-electron chi connectivity index (χ2n) is 7.03. The quantitative estimate of drug-likeness (QED) is 0.445. The summed E-state index contributed by atoms with van der Waals surface area (Å²) in [4.78, 5) is 15.2. The minimum atomic E-state index is -0.975. The minimum absolute atomic E-state index is 0.202. The van der Waals surface area contributed by atoms with Gasteiger partial charge in [-0.1, -0.05) is 30.3 Å². The molecule has 0 spiro atoms. The largest absolute Gasteiger partial charge is 0.496 e. The van der Waals surface area contributed by atoms with E-state index < -0.39 is 12.1 Å². The highest BCUT2D eigenvalue weighted by Gasteiger charge is 2.11. The van der Waals surface area contributed by atoms with Crippen LogP contribution < -0.4 is 10.1 Å². The van der Waals surface area contributed by atoms with Crippen LogP contribution in [-0.4, -0.2) is 41.4 Å². The molecule has 6 heteroatoms. The fourth-order valence-electron chi connectivity index (χ4n) is 3.26. The molecule has 0 amide bonds. The summed E-state index contributed by atoms with van der Waals surface area (Å²) in [6.45, 7) is 1.31. The van der Waals surface area contributed by atoms with Gasteiger partial charge in [0.2, 0.25) is 0 Å². The Morgan fingerprint density at radius 1 is 1.17 bits per heavy atom. The number of aliphatic hydroxyl groups is 1. The van der Waals surface area contributed by atoms with Crippen molar-refractivity contribution < 1.29 is 19.7 Å². The van der Waals surface area contributed by atoms with Gasteiger partial charge in [0.05, 0.1) is 18.8 Å². The van der Waals surface area contributed by atoms with Crippen molar-refractivity contribution in [3.63, 3.8) is 0 Å². The van der Waals surface area contributed by atoms with E-state index >= 15 is 0 Å². The van der Waals surface area contributed by atoms with Gasteiger partial charge in [0.15, 0.2) is 0 Å². The second-order valence-corrected chi connectivity index (χ2v) is 7.03. The maximum atomic E-state index is 11.1. The zero-order valence-electron chi connectivity index (χ0n) is 16.9. The molecule has 2 aromatic carbocycles. The van der Waals surface area contributed by atoms with Crippen LogP contribution in [0.2, 0.25) is 0 Å². The molecule has 0 saturated carbocycles. The number of benzene rings is 2. The molecule has 3 rings (SSSR count). The average Bonchev–Trinajstić information content (AvgIpc) is 2.79. The number of carboxylic acid groups (broad SMARTS) is 1. The second kappa shape index (κ2) is 10.5. The standard InChI is InChI=1S/C24H26N2O4/c1-30-23-14-19(24(28)29)10-11-21(23)18-8-6-17(7-9-18)4-2-12-26-16-22(27)20-5-3-13-25-15-20/h3,5-11,13-15,22,26-27H,2,4,12,16H2,1H3,(H,28,29)/t22-/m0/s1. The number of aryl methyl sites for hydroxylation is 1. The van der Waals surface area contributed by atoms with Crippen molar-refractivity contribution in [2.75, 3.05) is 20.2 Å². The van der Waals surface area contributed by atoms with E-state index in [9.17, 15) is 9.90 Å². The molecule has 30 heavy (non-hydrogen) atoms. The Balaban J connectivity index is 1.50. The molecular weight excluding hydrogens is 380 g/mol. The normalized spacial score (nSPS) is 11.8. The molecule has 0 unspecified atom stereocenters. The predicted octanol–water partition coefficient (Wildman–Crippen LogP) is 3.71. The van der Waals surface area contributed by atoms with E-state index in [2.05, 4.69) is 22.4 Å². The lowest BCUT2D eigenvalue weighted by molar-refractivity contribution is 0.0696. The zero-order valence-corrected chi connectivity index (χ0v) is 16.9. The molecule has 1 aromatic heterocycles. The minimum Gasteiger partial charge on any atom is -0.496 e. The Labute approximate surface area is 176 Å². The molecule has 156 valence electrons. The third-order valence-corrected chi connectivity index (χ3v) is 4.94. The highest BCUT2D eigenvalue weighted by atomic mass is 16.5. The summed E-state index contributed by atoms with van der Waals surface area (Å²) in [6, 6.07) is 16.8. The summed E-state index contributed by atoms with van der Waals surface area (Å²) in [5.74, 6) is -0.434. The number of aliphatic hydroxyl groups excluding tert-OH is 1. The lowest BCUT2D eigenvalue weighted by Gasteiger charge is -2.12. The first kappa shape index (κ1) is 21.5. The van der Waals surface area contributed by atoms with Crippen molar-refractivity contribution in [3.8, 4) is 16.9 Å². The third kappa shape index (κ3) is 5.65. The van der Waals surface area contributed by atoms with Crippen molar-refractivity contribution >= 4 is 5.97 Å². The average molecular weight is 406 g/mol. The number of nitrogens with one attached hydrogen (secondary N) is 1. The highest BCUT2D eigenvalue weighted by Crippen LogP contribution is 2.31. The van der Waals surface area contributed by atoms with Crippen molar-refractivity contribution in [1.82, 2.24) is 10.3 Å². The van der Waals surface area contributed by atoms with Gasteiger partial charge in [0.25, 0.3) is 0 Å². The van der Waals surface area contributed by atoms with E-state index in [1.54, 1.807) is 24.5 Å². The summed E-state index contributed by atoms with van der Waals surface area (Å²) in [5, 5.41) is 22.5. The molecule has 0 aliphatic heterocycles. The van der Waals surface area contributed by atoms with E-state index in [1.807, 2.05) is 24.3 Å². The monoisotopic (exact) mass is 406 g/mol. The first-order valence-electron chi connectivity index (χ1n) is 9.88. The van der Waals surface area contributed by atoms with E-state index in [4.69, 9.17) is 9.84 Å². The number of aromatic nitrogens is 1. The van der Waals surface area contributed by atoms with E-state index in [0.29, 0.717) is 12.3 Å². The van der Waals surface area contributed by atoms with Gasteiger partial charge in [0, 0.05) is 30.1 Å². The third-order valence-electron chi connectivity index (χ3n) is 4.94. The summed E-state index contributed by atoms with van der Waals surface area (Å²) in [5.41, 5.74) is 4.07. The summed E-state index contributed by atoms with van der Waals surface area (Å²) < 4.78 is 5.37. The van der Waals surface area contributed by atoms with Crippen LogP contribution in [0.3, 0.4) is 0 Å². The number of pyridine rings is 1. The number of methoxy groups -OCH3 is 1. The maximum absolute atomic E-state index is 11.1. The lowest BCUT2D eigenvalue weighted by atomic mass is 10.00. The zero-order chi connectivity index (χ0) is 21.3. The summed E-state index contributed by atoms with van der Waals surface area (Å²) >= 11 is 0. The maximum Gasteiger partial charge on any atom is 0.335 e. The van der Waals surface area contributed by atoms with Crippen LogP contribution >= 0.6 is 0 Å². The molecule has 0 saturated heterocycles. The van der Waals surface area contributed by atoms with Crippen molar-refractivity contribution in [2.45, 2.75) is 18.9 Å². The molecule has 6 nitrogen and oxygen atoms in total. The van der Waals surface area contributed by atoms with Crippen LogP contribution in [0.25, 0.3) is 11.1 Å². The first-order valence-corrected chi connectivity index (χ1v) is 9.88. The fourth-order valence-corrected chi connectivity index (χ4v) is 3.26. The van der Waals surface area contributed by atoms with Gasteiger partial charge in [-0.25, -0.2) is 4.79 Å². The van der Waals surface area contributed by atoms with Gasteiger partial charge in [-0.15, -0.1) is 0 Å². The van der Waals surface area contributed by atoms with Crippen LogP contribution in [0.15, 0.2) is 67.0 Å². The van der Waals surface area contributed by atoms with Crippen LogP contribution in [0.5, 0.6) is 5.75 Å². The molecular formula is C24H26N2O4. The van der Waals surface area contributed by atoms with Crippen molar-refractivity contribution in [2.24, 2.45) is 0 Å². The Kier molecular flexibility index (Phi) is 7.54.